The summed E-state index contributed by atoms with van der Waals surface area (Å²) in [6.07, 6.45) is 3.82. The number of nitrogens with zero attached hydrogens (tertiary/aromatic N) is 3. The molecule has 0 bridgehead atoms. The molecule has 2 N–H and O–H groups in total. The lowest BCUT2D eigenvalue weighted by molar-refractivity contribution is -0.858. The SMILES string of the molecule is CN(C)C(=O)c1ccc(N(CCC[NH+](C)C)c2ccccn2)cc1.O=C([O-])/C=C/C(=O)O. The van der Waals surface area contributed by atoms with Gasteiger partial charge >= 0.3 is 5.97 Å². The number of carboxylic acids is 2. The monoisotopic (exact) mass is 442 g/mol. The van der Waals surface area contributed by atoms with Gasteiger partial charge in [0.2, 0.25) is 0 Å². The van der Waals surface area contributed by atoms with Crippen LogP contribution in [0.4, 0.5) is 11.5 Å². The standard InChI is InChI=1S/C19H26N4O.C4H4O4/c1-21(2)14-7-15-23(18-8-5-6-13-20-18)17-11-9-16(10-12-17)19(24)22(3)4;5-3(6)1-2-4(7)8/h5-6,8-13H,7,14-15H2,1-4H3;1-2H,(H,5,6)(H,7,8)/b;2-1+. The molecule has 0 aliphatic heterocycles. The number of hydrogen-bond acceptors (Lipinski definition) is 6. The molecule has 0 fully saturated rings. The van der Waals surface area contributed by atoms with E-state index in [1.807, 2.05) is 48.7 Å². The third-order valence-corrected chi connectivity index (χ3v) is 4.18. The van der Waals surface area contributed by atoms with Crippen LogP contribution in [0.25, 0.3) is 0 Å². The molecule has 0 saturated heterocycles. The van der Waals surface area contributed by atoms with Crippen molar-refractivity contribution in [3.8, 4) is 0 Å². The Hall–Kier alpha value is -3.72. The molecule has 32 heavy (non-hydrogen) atoms. The molecular weight excluding hydrogens is 412 g/mol. The number of benzene rings is 1. The van der Waals surface area contributed by atoms with Gasteiger partial charge in [-0.1, -0.05) is 6.07 Å². The van der Waals surface area contributed by atoms with E-state index in [2.05, 4.69) is 24.0 Å². The van der Waals surface area contributed by atoms with Crippen LogP contribution in [0.1, 0.15) is 16.8 Å². The van der Waals surface area contributed by atoms with Gasteiger partial charge in [-0.25, -0.2) is 9.78 Å². The largest absolute Gasteiger partial charge is 0.545 e. The zero-order valence-electron chi connectivity index (χ0n) is 18.8. The molecule has 1 aromatic carbocycles. The van der Waals surface area contributed by atoms with E-state index in [1.54, 1.807) is 19.0 Å². The fourth-order valence-corrected chi connectivity index (χ4v) is 2.66. The Kier molecular flexibility index (Phi) is 11.1. The van der Waals surface area contributed by atoms with E-state index in [9.17, 15) is 19.5 Å². The Balaban J connectivity index is 0.000000547. The Morgan fingerprint density at radius 1 is 1.06 bits per heavy atom. The lowest BCUT2D eigenvalue weighted by Gasteiger charge is -2.24. The number of carbonyl (C=O) groups excluding carboxylic acids is 2. The number of carboxylic acid groups (broad SMARTS) is 2. The van der Waals surface area contributed by atoms with Crippen LogP contribution in [0.3, 0.4) is 0 Å². The van der Waals surface area contributed by atoms with Crippen LogP contribution in [0.15, 0.2) is 60.8 Å². The smallest absolute Gasteiger partial charge is 0.328 e. The molecule has 9 nitrogen and oxygen atoms in total. The highest BCUT2D eigenvalue weighted by atomic mass is 16.4. The number of anilines is 2. The maximum Gasteiger partial charge on any atom is 0.328 e. The van der Waals surface area contributed by atoms with Crippen LogP contribution in [-0.2, 0) is 9.59 Å². The van der Waals surface area contributed by atoms with Crippen LogP contribution in [0, 0.1) is 0 Å². The van der Waals surface area contributed by atoms with Crippen molar-refractivity contribution in [2.45, 2.75) is 6.42 Å². The summed E-state index contributed by atoms with van der Waals surface area (Å²) in [6.45, 7) is 1.99. The van der Waals surface area contributed by atoms with Gasteiger partial charge in [0.1, 0.15) is 5.82 Å². The van der Waals surface area contributed by atoms with E-state index >= 15 is 0 Å². The van der Waals surface area contributed by atoms with Gasteiger partial charge < -0.3 is 29.7 Å². The van der Waals surface area contributed by atoms with E-state index in [0.29, 0.717) is 17.7 Å². The Morgan fingerprint density at radius 3 is 2.16 bits per heavy atom. The molecule has 0 aliphatic carbocycles. The summed E-state index contributed by atoms with van der Waals surface area (Å²) in [5.74, 6) is -1.86. The van der Waals surface area contributed by atoms with Gasteiger partial charge in [0.05, 0.1) is 26.6 Å². The first-order valence-corrected chi connectivity index (χ1v) is 10.0. The zero-order chi connectivity index (χ0) is 24.1. The molecule has 0 radical (unpaired) electrons. The average Bonchev–Trinajstić information content (AvgIpc) is 2.76. The lowest BCUT2D eigenvalue weighted by atomic mass is 10.1. The molecule has 2 aromatic rings. The number of nitrogens with one attached hydrogen (secondary N) is 1. The second kappa shape index (κ2) is 13.6. The number of aromatic nitrogens is 1. The number of hydrogen-bond donors (Lipinski definition) is 2. The van der Waals surface area contributed by atoms with Crippen molar-refractivity contribution in [1.82, 2.24) is 9.88 Å². The summed E-state index contributed by atoms with van der Waals surface area (Å²) in [5.41, 5.74) is 1.75. The molecule has 9 heteroatoms. The summed E-state index contributed by atoms with van der Waals surface area (Å²) in [4.78, 5) is 40.7. The summed E-state index contributed by atoms with van der Waals surface area (Å²) >= 11 is 0. The van der Waals surface area contributed by atoms with Gasteiger partial charge in [-0.3, -0.25) is 4.79 Å². The number of pyridine rings is 1. The maximum atomic E-state index is 12.0. The van der Waals surface area contributed by atoms with Crippen molar-refractivity contribution in [2.24, 2.45) is 0 Å². The van der Waals surface area contributed by atoms with Crippen LogP contribution >= 0.6 is 0 Å². The Bertz CT molecular complexity index is 880. The van der Waals surface area contributed by atoms with E-state index in [4.69, 9.17) is 5.11 Å². The first-order chi connectivity index (χ1) is 15.1. The van der Waals surface area contributed by atoms with Crippen LogP contribution in [0.2, 0.25) is 0 Å². The number of amides is 1. The summed E-state index contributed by atoms with van der Waals surface area (Å²) in [5, 5.41) is 17.2. The third kappa shape index (κ3) is 9.86. The molecule has 0 atom stereocenters. The third-order valence-electron chi connectivity index (χ3n) is 4.18. The maximum absolute atomic E-state index is 12.0. The highest BCUT2D eigenvalue weighted by Crippen LogP contribution is 2.24. The highest BCUT2D eigenvalue weighted by molar-refractivity contribution is 5.94. The number of quaternary nitrogens is 1. The topological polar surface area (TPSA) is 118 Å². The second-order valence-corrected chi connectivity index (χ2v) is 7.39. The summed E-state index contributed by atoms with van der Waals surface area (Å²) in [6, 6.07) is 13.7. The first kappa shape index (κ1) is 26.3. The van der Waals surface area contributed by atoms with Crippen molar-refractivity contribution in [2.75, 3.05) is 46.2 Å². The minimum atomic E-state index is -1.51. The molecule has 0 spiro atoms. The quantitative estimate of drug-likeness (QED) is 0.518. The van der Waals surface area contributed by atoms with E-state index < -0.39 is 11.9 Å². The van der Waals surface area contributed by atoms with Crippen LogP contribution < -0.4 is 14.9 Å². The second-order valence-electron chi connectivity index (χ2n) is 7.39. The lowest BCUT2D eigenvalue weighted by Crippen LogP contribution is -3.05. The highest BCUT2D eigenvalue weighted by Gasteiger charge is 2.13. The molecular formula is C23H30N4O5. The molecule has 1 aromatic heterocycles. The fraction of sp³-hybridized carbons (Fsp3) is 0.304. The Morgan fingerprint density at radius 2 is 1.72 bits per heavy atom. The molecule has 172 valence electrons. The average molecular weight is 443 g/mol. The van der Waals surface area contributed by atoms with Crippen molar-refractivity contribution in [3.63, 3.8) is 0 Å². The van der Waals surface area contributed by atoms with E-state index in [-0.39, 0.29) is 5.91 Å². The molecule has 1 heterocycles. The van der Waals surface area contributed by atoms with Crippen molar-refractivity contribution in [1.29, 1.82) is 0 Å². The molecule has 0 unspecified atom stereocenters. The van der Waals surface area contributed by atoms with Crippen LogP contribution in [-0.4, -0.2) is 74.1 Å². The van der Waals surface area contributed by atoms with Crippen molar-refractivity contribution >= 4 is 29.4 Å². The minimum absolute atomic E-state index is 0.0159. The number of carbonyl (C=O) groups is 3. The predicted octanol–water partition coefficient (Wildman–Crippen LogP) is -0.167. The molecule has 0 saturated carbocycles. The van der Waals surface area contributed by atoms with E-state index in [1.165, 1.54) is 4.90 Å². The predicted molar refractivity (Wildman–Crippen MR) is 120 cm³/mol. The fourth-order valence-electron chi connectivity index (χ4n) is 2.66. The summed E-state index contributed by atoms with van der Waals surface area (Å²) in [7, 11) is 7.85. The first-order valence-electron chi connectivity index (χ1n) is 10.0. The number of rotatable bonds is 9. The van der Waals surface area contributed by atoms with Gasteiger partial charge in [0.25, 0.3) is 5.91 Å². The number of aliphatic carboxylic acids is 2. The van der Waals surface area contributed by atoms with Gasteiger partial charge in [-0.05, 0) is 42.5 Å². The van der Waals surface area contributed by atoms with Crippen LogP contribution in [0.5, 0.6) is 0 Å². The van der Waals surface area contributed by atoms with Crippen molar-refractivity contribution in [3.05, 3.63) is 66.4 Å². The molecule has 2 rings (SSSR count). The van der Waals surface area contributed by atoms with Gasteiger partial charge in [0, 0.05) is 50.6 Å². The van der Waals surface area contributed by atoms with Gasteiger partial charge in [-0.15, -0.1) is 0 Å². The van der Waals surface area contributed by atoms with E-state index in [0.717, 1.165) is 31.0 Å². The van der Waals surface area contributed by atoms with Gasteiger partial charge in [-0.2, -0.15) is 0 Å². The van der Waals surface area contributed by atoms with Crippen molar-refractivity contribution < 1.29 is 29.5 Å². The molecule has 1 amide bonds. The summed E-state index contributed by atoms with van der Waals surface area (Å²) < 4.78 is 0. The van der Waals surface area contributed by atoms with Gasteiger partial charge in [0.15, 0.2) is 0 Å². The zero-order valence-corrected chi connectivity index (χ0v) is 18.8. The molecule has 0 aliphatic rings. The normalized spacial score (nSPS) is 10.4. The minimum Gasteiger partial charge on any atom is -0.545 e. The Labute approximate surface area is 188 Å².